The molecule has 0 bridgehead atoms. The van der Waals surface area contributed by atoms with Gasteiger partial charge in [-0.05, 0) is 19.1 Å². The molecule has 3 aromatic rings. The molecule has 0 unspecified atom stereocenters. The Bertz CT molecular complexity index is 882. The Kier molecular flexibility index (Phi) is 4.40. The smallest absolute Gasteiger partial charge is 0.262 e. The minimum absolute atomic E-state index is 0.0255. The van der Waals surface area contributed by atoms with Gasteiger partial charge in [0.15, 0.2) is 5.16 Å². The van der Waals surface area contributed by atoms with Crippen LogP contribution in [0.4, 0.5) is 0 Å². The van der Waals surface area contributed by atoms with Crippen molar-refractivity contribution >= 4 is 34.0 Å². The Morgan fingerprint density at radius 1 is 1.36 bits per heavy atom. The quantitative estimate of drug-likeness (QED) is 0.407. The Labute approximate surface area is 136 Å². The minimum Gasteiger partial charge on any atom is -0.283 e. The van der Waals surface area contributed by atoms with E-state index in [1.54, 1.807) is 22.0 Å². The standard InChI is InChI=1S/C16H15N3OS2/c1-3-8-19-15(20)13-6-4-5-7-14(13)18-16(19)22-10-12-9-21-11(2)17-12/h3-7,9H,1,8,10H2,2H3. The molecule has 0 aliphatic rings. The normalized spacial score (nSPS) is 11.0. The summed E-state index contributed by atoms with van der Waals surface area (Å²) in [7, 11) is 0. The van der Waals surface area contributed by atoms with E-state index in [0.29, 0.717) is 22.8 Å². The monoisotopic (exact) mass is 329 g/mol. The number of thiazole rings is 1. The van der Waals surface area contributed by atoms with Gasteiger partial charge in [-0.15, -0.1) is 17.9 Å². The van der Waals surface area contributed by atoms with Crippen LogP contribution in [0.2, 0.25) is 0 Å². The molecule has 22 heavy (non-hydrogen) atoms. The molecule has 0 radical (unpaired) electrons. The number of nitrogens with zero attached hydrogens (tertiary/aromatic N) is 3. The predicted molar refractivity (Wildman–Crippen MR) is 92.6 cm³/mol. The van der Waals surface area contributed by atoms with Gasteiger partial charge in [0, 0.05) is 17.7 Å². The van der Waals surface area contributed by atoms with Crippen molar-refractivity contribution in [2.75, 3.05) is 0 Å². The first-order chi connectivity index (χ1) is 10.7. The minimum atomic E-state index is -0.0255. The predicted octanol–water partition coefficient (Wildman–Crippen LogP) is 3.64. The zero-order chi connectivity index (χ0) is 15.5. The molecule has 4 nitrogen and oxygen atoms in total. The van der Waals surface area contributed by atoms with Crippen LogP contribution >= 0.6 is 23.1 Å². The van der Waals surface area contributed by atoms with Gasteiger partial charge in [0.05, 0.1) is 21.6 Å². The van der Waals surface area contributed by atoms with E-state index in [-0.39, 0.29) is 5.56 Å². The van der Waals surface area contributed by atoms with E-state index in [1.807, 2.05) is 36.6 Å². The summed E-state index contributed by atoms with van der Waals surface area (Å²) < 4.78 is 1.67. The fourth-order valence-corrected chi connectivity index (χ4v) is 3.78. The SMILES string of the molecule is C=CCn1c(SCc2csc(C)n2)nc2ccccc2c1=O. The van der Waals surface area contributed by atoms with Crippen LogP contribution in [-0.4, -0.2) is 14.5 Å². The molecule has 0 atom stereocenters. The lowest BCUT2D eigenvalue weighted by atomic mass is 10.2. The third-order valence-electron chi connectivity index (χ3n) is 3.15. The molecule has 112 valence electrons. The van der Waals surface area contributed by atoms with E-state index >= 15 is 0 Å². The van der Waals surface area contributed by atoms with Crippen molar-refractivity contribution in [3.8, 4) is 0 Å². The van der Waals surface area contributed by atoms with Crippen LogP contribution in [0.3, 0.4) is 0 Å². The van der Waals surface area contributed by atoms with Gasteiger partial charge in [0.2, 0.25) is 0 Å². The third kappa shape index (κ3) is 2.98. The summed E-state index contributed by atoms with van der Waals surface area (Å²) in [6, 6.07) is 7.42. The van der Waals surface area contributed by atoms with Crippen molar-refractivity contribution in [1.29, 1.82) is 0 Å². The van der Waals surface area contributed by atoms with Crippen LogP contribution in [-0.2, 0) is 12.3 Å². The molecule has 0 fully saturated rings. The molecule has 0 saturated heterocycles. The van der Waals surface area contributed by atoms with Crippen LogP contribution in [0.5, 0.6) is 0 Å². The van der Waals surface area contributed by atoms with Crippen LogP contribution in [0.15, 0.2) is 52.3 Å². The number of hydrogen-bond donors (Lipinski definition) is 0. The van der Waals surface area contributed by atoms with E-state index in [4.69, 9.17) is 0 Å². The molecular formula is C16H15N3OS2. The number of aromatic nitrogens is 3. The molecule has 3 rings (SSSR count). The molecular weight excluding hydrogens is 314 g/mol. The molecule has 0 amide bonds. The lowest BCUT2D eigenvalue weighted by molar-refractivity contribution is 0.671. The topological polar surface area (TPSA) is 47.8 Å². The van der Waals surface area contributed by atoms with Gasteiger partial charge in [0.25, 0.3) is 5.56 Å². The summed E-state index contributed by atoms with van der Waals surface area (Å²) >= 11 is 3.16. The number of aryl methyl sites for hydroxylation is 1. The highest BCUT2D eigenvalue weighted by Crippen LogP contribution is 2.23. The summed E-state index contributed by atoms with van der Waals surface area (Å²) in [5.41, 5.74) is 1.72. The second-order valence-electron chi connectivity index (χ2n) is 4.76. The summed E-state index contributed by atoms with van der Waals surface area (Å²) in [5, 5.41) is 4.43. The number of thioether (sulfide) groups is 1. The van der Waals surface area contributed by atoms with Gasteiger partial charge in [-0.2, -0.15) is 0 Å². The van der Waals surface area contributed by atoms with Gasteiger partial charge in [0.1, 0.15) is 0 Å². The molecule has 0 aliphatic carbocycles. The second-order valence-corrected chi connectivity index (χ2v) is 6.77. The van der Waals surface area contributed by atoms with E-state index < -0.39 is 0 Å². The largest absolute Gasteiger partial charge is 0.283 e. The maximum Gasteiger partial charge on any atom is 0.262 e. The van der Waals surface area contributed by atoms with Crippen molar-refractivity contribution in [3.63, 3.8) is 0 Å². The average Bonchev–Trinajstić information content (AvgIpc) is 2.94. The second kappa shape index (κ2) is 6.46. The first kappa shape index (κ1) is 15.0. The van der Waals surface area contributed by atoms with Crippen LogP contribution in [0.1, 0.15) is 10.7 Å². The maximum atomic E-state index is 12.6. The molecule has 6 heteroatoms. The highest BCUT2D eigenvalue weighted by atomic mass is 32.2. The molecule has 2 heterocycles. The Morgan fingerprint density at radius 2 is 2.18 bits per heavy atom. The van der Waals surface area contributed by atoms with Gasteiger partial charge < -0.3 is 0 Å². The summed E-state index contributed by atoms with van der Waals surface area (Å²) in [6.07, 6.45) is 1.72. The number of hydrogen-bond acceptors (Lipinski definition) is 5. The number of para-hydroxylation sites is 1. The molecule has 2 aromatic heterocycles. The number of allylic oxidation sites excluding steroid dienone is 1. The van der Waals surface area contributed by atoms with E-state index in [2.05, 4.69) is 16.5 Å². The van der Waals surface area contributed by atoms with Crippen LogP contribution in [0, 0.1) is 6.92 Å². The summed E-state index contributed by atoms with van der Waals surface area (Å²) in [4.78, 5) is 21.7. The van der Waals surface area contributed by atoms with Gasteiger partial charge in [-0.25, -0.2) is 9.97 Å². The zero-order valence-electron chi connectivity index (χ0n) is 12.2. The van der Waals surface area contributed by atoms with Crippen LogP contribution in [0.25, 0.3) is 10.9 Å². The van der Waals surface area contributed by atoms with Gasteiger partial charge in [-0.3, -0.25) is 9.36 Å². The molecule has 0 saturated carbocycles. The molecule has 0 spiro atoms. The third-order valence-corrected chi connectivity index (χ3v) is 4.99. The number of fused-ring (bicyclic) bond motifs is 1. The van der Waals surface area contributed by atoms with E-state index in [0.717, 1.165) is 16.2 Å². The number of benzene rings is 1. The fourth-order valence-electron chi connectivity index (χ4n) is 2.16. The summed E-state index contributed by atoms with van der Waals surface area (Å²) in [6.45, 7) is 6.17. The maximum absolute atomic E-state index is 12.6. The molecule has 1 aromatic carbocycles. The van der Waals surface area contributed by atoms with Crippen molar-refractivity contribution in [1.82, 2.24) is 14.5 Å². The van der Waals surface area contributed by atoms with Crippen molar-refractivity contribution in [3.05, 3.63) is 63.4 Å². The Balaban J connectivity index is 2.01. The van der Waals surface area contributed by atoms with E-state index in [9.17, 15) is 4.79 Å². The van der Waals surface area contributed by atoms with Crippen LogP contribution < -0.4 is 5.56 Å². The lowest BCUT2D eigenvalue weighted by Crippen LogP contribution is -2.22. The first-order valence-electron chi connectivity index (χ1n) is 6.83. The highest BCUT2D eigenvalue weighted by molar-refractivity contribution is 7.98. The van der Waals surface area contributed by atoms with E-state index in [1.165, 1.54) is 11.8 Å². The Hall–Kier alpha value is -1.92. The lowest BCUT2D eigenvalue weighted by Gasteiger charge is -2.10. The summed E-state index contributed by atoms with van der Waals surface area (Å²) in [5.74, 6) is 0.701. The Morgan fingerprint density at radius 3 is 2.91 bits per heavy atom. The van der Waals surface area contributed by atoms with Crippen molar-refractivity contribution in [2.45, 2.75) is 24.4 Å². The first-order valence-corrected chi connectivity index (χ1v) is 8.70. The van der Waals surface area contributed by atoms with Crippen molar-refractivity contribution in [2.24, 2.45) is 0 Å². The van der Waals surface area contributed by atoms with Gasteiger partial charge >= 0.3 is 0 Å². The zero-order valence-corrected chi connectivity index (χ0v) is 13.8. The molecule has 0 aliphatic heterocycles. The average molecular weight is 329 g/mol. The highest BCUT2D eigenvalue weighted by Gasteiger charge is 2.11. The number of rotatable bonds is 5. The van der Waals surface area contributed by atoms with Crippen molar-refractivity contribution < 1.29 is 0 Å². The van der Waals surface area contributed by atoms with Gasteiger partial charge in [-0.1, -0.05) is 30.0 Å². The molecule has 0 N–H and O–H groups in total. The fraction of sp³-hybridized carbons (Fsp3) is 0.188.